The lowest BCUT2D eigenvalue weighted by molar-refractivity contribution is -0.125. The lowest BCUT2D eigenvalue weighted by Crippen LogP contribution is -2.41. The predicted molar refractivity (Wildman–Crippen MR) is 75.9 cm³/mol. The van der Waals surface area contributed by atoms with Gasteiger partial charge in [-0.3, -0.25) is 9.69 Å². The molecule has 0 radical (unpaired) electrons. The van der Waals surface area contributed by atoms with E-state index >= 15 is 0 Å². The Morgan fingerprint density at radius 2 is 2.05 bits per heavy atom. The van der Waals surface area contributed by atoms with E-state index in [-0.39, 0.29) is 18.1 Å². The summed E-state index contributed by atoms with van der Waals surface area (Å²) in [7, 11) is 2.02. The maximum Gasteiger partial charge on any atom is 0.237 e. The number of nitrogens with one attached hydrogen (secondary N) is 1. The Morgan fingerprint density at radius 1 is 1.26 bits per heavy atom. The highest BCUT2D eigenvalue weighted by atomic mass is 16.3. The lowest BCUT2D eigenvalue weighted by Gasteiger charge is -2.27. The number of aliphatic hydroxyl groups is 1. The maximum atomic E-state index is 12.0. The number of likely N-dealkylation sites (N-methyl/N-ethyl adjacent to an activating group) is 1. The molecule has 2 aliphatic rings. The number of aliphatic hydroxyl groups excluding tert-OH is 1. The van der Waals surface area contributed by atoms with Crippen LogP contribution in [0.1, 0.15) is 51.4 Å². The molecule has 1 amide bonds. The molecule has 1 saturated carbocycles. The molecular weight excluding hydrogens is 240 g/mol. The number of carbonyl (C=O) groups is 1. The van der Waals surface area contributed by atoms with Crippen molar-refractivity contribution in [3.8, 4) is 0 Å². The zero-order valence-electron chi connectivity index (χ0n) is 12.1. The third-order valence-corrected chi connectivity index (χ3v) is 4.74. The third kappa shape index (κ3) is 4.18. The fraction of sp³-hybridized carbons (Fsp3) is 0.933. The van der Waals surface area contributed by atoms with Gasteiger partial charge in [-0.2, -0.15) is 0 Å². The third-order valence-electron chi connectivity index (χ3n) is 4.74. The maximum absolute atomic E-state index is 12.0. The van der Waals surface area contributed by atoms with E-state index in [0.717, 1.165) is 51.6 Å². The van der Waals surface area contributed by atoms with E-state index in [9.17, 15) is 9.90 Å². The Balaban J connectivity index is 1.59. The van der Waals surface area contributed by atoms with Gasteiger partial charge >= 0.3 is 0 Å². The van der Waals surface area contributed by atoms with Crippen LogP contribution in [0.5, 0.6) is 0 Å². The predicted octanol–water partition coefficient (Wildman–Crippen LogP) is 1.53. The van der Waals surface area contributed by atoms with Crippen molar-refractivity contribution in [2.75, 3.05) is 20.1 Å². The van der Waals surface area contributed by atoms with Gasteiger partial charge in [0.2, 0.25) is 5.91 Å². The second-order valence-corrected chi connectivity index (χ2v) is 6.18. The summed E-state index contributed by atoms with van der Waals surface area (Å²) in [6.45, 7) is 1.79. The number of carbonyl (C=O) groups excluding carboxylic acids is 1. The molecule has 0 unspecified atom stereocenters. The van der Waals surface area contributed by atoms with Gasteiger partial charge in [-0.25, -0.2) is 0 Å². The largest absolute Gasteiger partial charge is 0.393 e. The topological polar surface area (TPSA) is 52.6 Å². The Morgan fingerprint density at radius 3 is 2.74 bits per heavy atom. The van der Waals surface area contributed by atoms with E-state index < -0.39 is 0 Å². The molecule has 1 saturated heterocycles. The monoisotopic (exact) mass is 268 g/mol. The SMILES string of the molecule is CN1CCC[C@@H]1C(=O)NCCC[C@@H]1CCCC[C@@H]1O. The number of likely N-dealkylation sites (tertiary alicyclic amines) is 1. The lowest BCUT2D eigenvalue weighted by atomic mass is 9.83. The van der Waals surface area contributed by atoms with Crippen molar-refractivity contribution in [3.63, 3.8) is 0 Å². The van der Waals surface area contributed by atoms with Gasteiger partial charge in [0, 0.05) is 6.54 Å². The van der Waals surface area contributed by atoms with Crippen molar-refractivity contribution in [3.05, 3.63) is 0 Å². The molecule has 110 valence electrons. The molecular formula is C15H28N2O2. The normalized spacial score (nSPS) is 32.4. The van der Waals surface area contributed by atoms with Crippen molar-refractivity contribution in [2.45, 2.75) is 63.5 Å². The van der Waals surface area contributed by atoms with E-state index in [1.807, 2.05) is 7.05 Å². The zero-order valence-corrected chi connectivity index (χ0v) is 12.1. The van der Waals surface area contributed by atoms with Gasteiger partial charge < -0.3 is 10.4 Å². The molecule has 2 N–H and O–H groups in total. The van der Waals surface area contributed by atoms with E-state index in [1.165, 1.54) is 12.8 Å². The minimum absolute atomic E-state index is 0.0836. The van der Waals surface area contributed by atoms with Crippen LogP contribution in [0.2, 0.25) is 0 Å². The van der Waals surface area contributed by atoms with Gasteiger partial charge in [-0.05, 0) is 58.0 Å². The van der Waals surface area contributed by atoms with Gasteiger partial charge in [0.1, 0.15) is 0 Å². The fourth-order valence-electron chi connectivity index (χ4n) is 3.46. The number of hydrogen-bond acceptors (Lipinski definition) is 3. The van der Waals surface area contributed by atoms with Gasteiger partial charge in [0.05, 0.1) is 12.1 Å². The van der Waals surface area contributed by atoms with E-state index in [1.54, 1.807) is 0 Å². The second-order valence-electron chi connectivity index (χ2n) is 6.18. The van der Waals surface area contributed by atoms with Crippen LogP contribution in [0.15, 0.2) is 0 Å². The average Bonchev–Trinajstić information content (AvgIpc) is 2.82. The number of hydrogen-bond donors (Lipinski definition) is 2. The smallest absolute Gasteiger partial charge is 0.237 e. The molecule has 4 heteroatoms. The quantitative estimate of drug-likeness (QED) is 0.744. The standard InChI is InChI=1S/C15H28N2O2/c1-17-11-5-8-13(17)15(19)16-10-4-7-12-6-2-3-9-14(12)18/h12-14,18H,2-11H2,1H3,(H,16,19)/t12-,13+,14-/m0/s1. The molecule has 2 rings (SSSR count). The molecule has 1 aliphatic carbocycles. The van der Waals surface area contributed by atoms with Crippen LogP contribution >= 0.6 is 0 Å². The van der Waals surface area contributed by atoms with E-state index in [2.05, 4.69) is 10.2 Å². The molecule has 19 heavy (non-hydrogen) atoms. The molecule has 4 nitrogen and oxygen atoms in total. The Labute approximate surface area is 116 Å². The first-order chi connectivity index (χ1) is 9.18. The van der Waals surface area contributed by atoms with Crippen molar-refractivity contribution < 1.29 is 9.90 Å². The molecule has 0 aromatic heterocycles. The Kier molecular flexibility index (Phi) is 5.64. The summed E-state index contributed by atoms with van der Waals surface area (Å²) in [6.07, 6.45) is 8.58. The van der Waals surface area contributed by atoms with Crippen molar-refractivity contribution in [1.29, 1.82) is 0 Å². The first-order valence-corrected chi connectivity index (χ1v) is 7.84. The van der Waals surface area contributed by atoms with Gasteiger partial charge in [0.15, 0.2) is 0 Å². The molecule has 0 spiro atoms. The summed E-state index contributed by atoms with van der Waals surface area (Å²) in [4.78, 5) is 14.1. The van der Waals surface area contributed by atoms with Crippen LogP contribution in [0.3, 0.4) is 0 Å². The van der Waals surface area contributed by atoms with Crippen molar-refractivity contribution >= 4 is 5.91 Å². The summed E-state index contributed by atoms with van der Waals surface area (Å²) in [5.74, 6) is 0.643. The van der Waals surface area contributed by atoms with Crippen molar-refractivity contribution in [2.24, 2.45) is 5.92 Å². The Hall–Kier alpha value is -0.610. The van der Waals surface area contributed by atoms with Gasteiger partial charge in [-0.1, -0.05) is 12.8 Å². The molecule has 1 heterocycles. The number of rotatable bonds is 5. The van der Waals surface area contributed by atoms with Gasteiger partial charge in [-0.15, -0.1) is 0 Å². The molecule has 3 atom stereocenters. The van der Waals surface area contributed by atoms with Crippen LogP contribution in [0, 0.1) is 5.92 Å². The number of amides is 1. The van der Waals surface area contributed by atoms with Crippen molar-refractivity contribution in [1.82, 2.24) is 10.2 Å². The van der Waals surface area contributed by atoms with E-state index in [4.69, 9.17) is 0 Å². The summed E-state index contributed by atoms with van der Waals surface area (Å²) in [5, 5.41) is 12.9. The highest BCUT2D eigenvalue weighted by Gasteiger charge is 2.27. The molecule has 1 aliphatic heterocycles. The summed E-state index contributed by atoms with van der Waals surface area (Å²) < 4.78 is 0. The highest BCUT2D eigenvalue weighted by Crippen LogP contribution is 2.27. The number of nitrogens with zero attached hydrogens (tertiary/aromatic N) is 1. The first-order valence-electron chi connectivity index (χ1n) is 7.84. The van der Waals surface area contributed by atoms with Gasteiger partial charge in [0.25, 0.3) is 0 Å². The summed E-state index contributed by atoms with van der Waals surface area (Å²) in [5.41, 5.74) is 0. The molecule has 2 fully saturated rings. The zero-order chi connectivity index (χ0) is 13.7. The second kappa shape index (κ2) is 7.25. The van der Waals surface area contributed by atoms with Crippen LogP contribution in [0.4, 0.5) is 0 Å². The summed E-state index contributed by atoms with van der Waals surface area (Å²) >= 11 is 0. The fourth-order valence-corrected chi connectivity index (χ4v) is 3.46. The van der Waals surface area contributed by atoms with Crippen LogP contribution in [-0.2, 0) is 4.79 Å². The van der Waals surface area contributed by atoms with Crippen LogP contribution in [-0.4, -0.2) is 48.2 Å². The van der Waals surface area contributed by atoms with E-state index in [0.29, 0.717) is 5.92 Å². The van der Waals surface area contributed by atoms with Crippen LogP contribution < -0.4 is 5.32 Å². The van der Waals surface area contributed by atoms with Crippen LogP contribution in [0.25, 0.3) is 0 Å². The Bertz CT molecular complexity index is 296. The molecule has 0 aromatic carbocycles. The first kappa shape index (κ1) is 14.8. The molecule has 0 aromatic rings. The summed E-state index contributed by atoms with van der Waals surface area (Å²) in [6, 6.07) is 0.0836. The highest BCUT2D eigenvalue weighted by molar-refractivity contribution is 5.81. The average molecular weight is 268 g/mol. The minimum Gasteiger partial charge on any atom is -0.393 e. The minimum atomic E-state index is -0.106. The molecule has 0 bridgehead atoms.